The quantitative estimate of drug-likeness (QED) is 0.845. The molecule has 132 valence electrons. The lowest BCUT2D eigenvalue weighted by Crippen LogP contribution is -2.46. The van der Waals surface area contributed by atoms with Crippen molar-refractivity contribution in [3.63, 3.8) is 0 Å². The molecule has 1 saturated heterocycles. The summed E-state index contributed by atoms with van der Waals surface area (Å²) in [7, 11) is 0. The van der Waals surface area contributed by atoms with Crippen molar-refractivity contribution in [1.29, 1.82) is 0 Å². The molecular weight excluding hydrogens is 322 g/mol. The molecule has 2 bridgehead atoms. The third-order valence-corrected chi connectivity index (χ3v) is 4.83. The number of aryl methyl sites for hydroxylation is 1. The van der Waals surface area contributed by atoms with Crippen LogP contribution in [-0.4, -0.2) is 52.3 Å². The minimum absolute atomic E-state index is 0.00585. The molecular formula is C18H21N3O4. The first-order valence-electron chi connectivity index (χ1n) is 8.59. The predicted octanol–water partition coefficient (Wildman–Crippen LogP) is 1.97. The molecule has 3 atom stereocenters. The minimum atomic E-state index is -0.139. The van der Waals surface area contributed by atoms with Gasteiger partial charge in [0.05, 0.1) is 25.4 Å². The average molecular weight is 343 g/mol. The van der Waals surface area contributed by atoms with Crippen LogP contribution in [0, 0.1) is 6.92 Å². The fraction of sp³-hybridized carbons (Fsp3) is 0.500. The van der Waals surface area contributed by atoms with E-state index in [9.17, 15) is 4.79 Å². The number of pyridine rings is 1. The van der Waals surface area contributed by atoms with Crippen molar-refractivity contribution < 1.29 is 18.8 Å². The molecule has 0 spiro atoms. The van der Waals surface area contributed by atoms with Gasteiger partial charge in [-0.25, -0.2) is 0 Å². The van der Waals surface area contributed by atoms with E-state index in [0.29, 0.717) is 31.2 Å². The van der Waals surface area contributed by atoms with E-state index in [1.807, 2.05) is 17.0 Å². The van der Waals surface area contributed by atoms with E-state index >= 15 is 0 Å². The maximum absolute atomic E-state index is 12.9. The minimum Gasteiger partial charge on any atom is -0.374 e. The number of aromatic nitrogens is 2. The summed E-state index contributed by atoms with van der Waals surface area (Å²) in [6, 6.07) is 5.54. The van der Waals surface area contributed by atoms with E-state index in [2.05, 4.69) is 10.1 Å². The summed E-state index contributed by atoms with van der Waals surface area (Å²) in [6.07, 6.45) is 5.18. The summed E-state index contributed by atoms with van der Waals surface area (Å²) < 4.78 is 17.1. The van der Waals surface area contributed by atoms with Crippen LogP contribution < -0.4 is 0 Å². The van der Waals surface area contributed by atoms with Gasteiger partial charge in [-0.1, -0.05) is 11.2 Å². The smallest absolute Gasteiger partial charge is 0.276 e. The fourth-order valence-electron chi connectivity index (χ4n) is 3.65. The van der Waals surface area contributed by atoms with Gasteiger partial charge in [0, 0.05) is 25.0 Å². The van der Waals surface area contributed by atoms with E-state index in [0.717, 1.165) is 18.4 Å². The second kappa shape index (κ2) is 6.93. The molecule has 2 aliphatic rings. The summed E-state index contributed by atoms with van der Waals surface area (Å²) >= 11 is 0. The third-order valence-electron chi connectivity index (χ3n) is 4.83. The van der Waals surface area contributed by atoms with Crippen LogP contribution >= 0.6 is 0 Å². The highest BCUT2D eigenvalue weighted by Gasteiger charge is 2.45. The summed E-state index contributed by atoms with van der Waals surface area (Å²) in [5.41, 5.74) is 1.35. The number of nitrogens with zero attached hydrogens (tertiary/aromatic N) is 3. The Hall–Kier alpha value is -2.25. The number of carbonyl (C=O) groups excluding carboxylic acids is 1. The van der Waals surface area contributed by atoms with Gasteiger partial charge < -0.3 is 18.9 Å². The number of amides is 1. The van der Waals surface area contributed by atoms with Gasteiger partial charge >= 0.3 is 0 Å². The number of fused-ring (bicyclic) bond motifs is 2. The van der Waals surface area contributed by atoms with Crippen LogP contribution in [0.25, 0.3) is 0 Å². The Kier molecular flexibility index (Phi) is 4.50. The Morgan fingerprint density at radius 3 is 3.12 bits per heavy atom. The number of hydrogen-bond donors (Lipinski definition) is 0. The van der Waals surface area contributed by atoms with Gasteiger partial charge in [-0.15, -0.1) is 0 Å². The molecule has 7 nitrogen and oxygen atoms in total. The van der Waals surface area contributed by atoms with Gasteiger partial charge in [0.15, 0.2) is 5.69 Å². The van der Waals surface area contributed by atoms with E-state index in [4.69, 9.17) is 14.0 Å². The SMILES string of the molecule is Cc1cc(C(=O)N2CCO[C@H]3CC[C@H]2[C@H]3OCc2cccnc2)no1. The Bertz CT molecular complexity index is 733. The number of ether oxygens (including phenoxy) is 2. The standard InChI is InChI=1S/C18H21N3O4/c1-12-9-14(20-25-12)18(22)21-7-8-23-16-5-4-15(21)17(16)24-11-13-3-2-6-19-10-13/h2-3,6,9-10,15-17H,4-5,7-8,11H2,1H3/t15-,16-,17+/m0/s1. The van der Waals surface area contributed by atoms with Gasteiger partial charge in [-0.05, 0) is 31.4 Å². The highest BCUT2D eigenvalue weighted by molar-refractivity contribution is 5.92. The van der Waals surface area contributed by atoms with Crippen molar-refractivity contribution in [2.45, 2.75) is 44.6 Å². The molecule has 4 rings (SSSR count). The number of rotatable bonds is 4. The molecule has 1 amide bonds. The van der Waals surface area contributed by atoms with Crippen LogP contribution in [0.3, 0.4) is 0 Å². The first-order chi connectivity index (χ1) is 12.2. The van der Waals surface area contributed by atoms with Crippen molar-refractivity contribution in [3.05, 3.63) is 47.6 Å². The van der Waals surface area contributed by atoms with Gasteiger partial charge in [0.25, 0.3) is 5.91 Å². The van der Waals surface area contributed by atoms with Crippen molar-refractivity contribution in [1.82, 2.24) is 15.0 Å². The second-order valence-corrected chi connectivity index (χ2v) is 6.51. The maximum atomic E-state index is 12.9. The molecule has 1 aliphatic carbocycles. The van der Waals surface area contributed by atoms with E-state index < -0.39 is 0 Å². The predicted molar refractivity (Wildman–Crippen MR) is 87.9 cm³/mol. The first-order valence-corrected chi connectivity index (χ1v) is 8.59. The molecule has 0 N–H and O–H groups in total. The molecule has 2 aromatic heterocycles. The number of carbonyl (C=O) groups is 1. The average Bonchev–Trinajstić information content (AvgIpc) is 3.17. The van der Waals surface area contributed by atoms with Crippen LogP contribution in [0.15, 0.2) is 35.1 Å². The van der Waals surface area contributed by atoms with Gasteiger partial charge in [-0.2, -0.15) is 0 Å². The lowest BCUT2D eigenvalue weighted by Gasteiger charge is -2.30. The van der Waals surface area contributed by atoms with E-state index in [1.165, 1.54) is 0 Å². The van der Waals surface area contributed by atoms with Crippen molar-refractivity contribution >= 4 is 5.91 Å². The van der Waals surface area contributed by atoms with Crippen LogP contribution in [-0.2, 0) is 16.1 Å². The zero-order valence-electron chi connectivity index (χ0n) is 14.1. The van der Waals surface area contributed by atoms with Crippen LogP contribution in [0.5, 0.6) is 0 Å². The monoisotopic (exact) mass is 343 g/mol. The topological polar surface area (TPSA) is 77.7 Å². The van der Waals surface area contributed by atoms with Gasteiger partial charge in [-0.3, -0.25) is 9.78 Å². The zero-order valence-corrected chi connectivity index (χ0v) is 14.1. The molecule has 2 fully saturated rings. The summed E-state index contributed by atoms with van der Waals surface area (Å²) in [5, 5.41) is 3.87. The Labute approximate surface area is 145 Å². The van der Waals surface area contributed by atoms with Crippen molar-refractivity contribution in [2.24, 2.45) is 0 Å². The maximum Gasteiger partial charge on any atom is 0.276 e. The first kappa shape index (κ1) is 16.2. The third kappa shape index (κ3) is 3.29. The lowest BCUT2D eigenvalue weighted by molar-refractivity contribution is -0.0598. The molecule has 3 heterocycles. The largest absolute Gasteiger partial charge is 0.374 e. The van der Waals surface area contributed by atoms with Gasteiger partial charge in [0.2, 0.25) is 0 Å². The van der Waals surface area contributed by atoms with E-state index in [-0.39, 0.29) is 24.2 Å². The summed E-state index contributed by atoms with van der Waals surface area (Å²) in [4.78, 5) is 18.8. The summed E-state index contributed by atoms with van der Waals surface area (Å²) in [6.45, 7) is 3.29. The van der Waals surface area contributed by atoms with Crippen molar-refractivity contribution in [2.75, 3.05) is 13.2 Å². The molecule has 25 heavy (non-hydrogen) atoms. The highest BCUT2D eigenvalue weighted by atomic mass is 16.5. The number of hydrogen-bond acceptors (Lipinski definition) is 6. The summed E-state index contributed by atoms with van der Waals surface area (Å²) in [5.74, 6) is 0.506. The second-order valence-electron chi connectivity index (χ2n) is 6.51. The molecule has 0 radical (unpaired) electrons. The van der Waals surface area contributed by atoms with Crippen LogP contribution in [0.1, 0.15) is 34.7 Å². The normalized spacial score (nSPS) is 25.8. The molecule has 2 aromatic rings. The molecule has 1 aliphatic heterocycles. The van der Waals surface area contributed by atoms with Crippen LogP contribution in [0.2, 0.25) is 0 Å². The lowest BCUT2D eigenvalue weighted by atomic mass is 10.1. The molecule has 1 saturated carbocycles. The zero-order chi connectivity index (χ0) is 17.2. The van der Waals surface area contributed by atoms with Gasteiger partial charge in [0.1, 0.15) is 11.9 Å². The molecule has 0 unspecified atom stereocenters. The van der Waals surface area contributed by atoms with Crippen LogP contribution in [0.4, 0.5) is 0 Å². The molecule has 0 aromatic carbocycles. The fourth-order valence-corrected chi connectivity index (χ4v) is 3.65. The Balaban J connectivity index is 1.50. The molecule has 7 heteroatoms. The Morgan fingerprint density at radius 2 is 2.36 bits per heavy atom. The highest BCUT2D eigenvalue weighted by Crippen LogP contribution is 2.33. The Morgan fingerprint density at radius 1 is 1.44 bits per heavy atom. The van der Waals surface area contributed by atoms with E-state index in [1.54, 1.807) is 25.4 Å². The van der Waals surface area contributed by atoms with Crippen molar-refractivity contribution in [3.8, 4) is 0 Å².